The summed E-state index contributed by atoms with van der Waals surface area (Å²) in [6.45, 7) is 2.77. The number of aromatic nitrogens is 4. The van der Waals surface area contributed by atoms with Crippen LogP contribution in [0.15, 0.2) is 48.9 Å². The van der Waals surface area contributed by atoms with E-state index >= 15 is 0 Å². The van der Waals surface area contributed by atoms with E-state index < -0.39 is 11.9 Å². The van der Waals surface area contributed by atoms with E-state index in [1.165, 1.54) is 6.20 Å². The topological polar surface area (TPSA) is 199 Å². The SMILES string of the molecule is N#Cc1cnc2c(cnn2-c2cc(NC3CCCC3)c(C(=O)NC3CCC(C(=O)N4CCN(c5ccc6c(c5)C(=O)N(C5CCC(=O)NC5=O)C6)CC4)CC3)cn2)c1. The van der Waals surface area contributed by atoms with E-state index in [4.69, 9.17) is 0 Å². The Labute approximate surface area is 334 Å². The zero-order valence-electron chi connectivity index (χ0n) is 32.2. The van der Waals surface area contributed by atoms with E-state index in [1.54, 1.807) is 28.0 Å². The van der Waals surface area contributed by atoms with E-state index in [9.17, 15) is 29.2 Å². The second-order valence-corrected chi connectivity index (χ2v) is 16.1. The largest absolute Gasteiger partial charge is 0.382 e. The molecule has 16 nitrogen and oxygen atoms in total. The molecule has 16 heteroatoms. The van der Waals surface area contributed by atoms with E-state index in [1.807, 2.05) is 29.2 Å². The molecule has 5 amide bonds. The fourth-order valence-electron chi connectivity index (χ4n) is 9.23. The normalized spacial score (nSPS) is 22.5. The molecule has 4 fully saturated rings. The zero-order valence-corrected chi connectivity index (χ0v) is 32.2. The van der Waals surface area contributed by atoms with Crippen molar-refractivity contribution in [3.8, 4) is 11.9 Å². The van der Waals surface area contributed by atoms with Gasteiger partial charge in [0.1, 0.15) is 12.1 Å². The van der Waals surface area contributed by atoms with Gasteiger partial charge in [0.05, 0.1) is 23.0 Å². The van der Waals surface area contributed by atoms with Crippen LogP contribution in [0.1, 0.15) is 96.1 Å². The predicted octanol–water partition coefficient (Wildman–Crippen LogP) is 3.44. The molecule has 9 rings (SSSR count). The first-order valence-corrected chi connectivity index (χ1v) is 20.4. The van der Waals surface area contributed by atoms with Crippen molar-refractivity contribution in [2.24, 2.45) is 5.92 Å². The van der Waals surface area contributed by atoms with Crippen molar-refractivity contribution >= 4 is 51.9 Å². The van der Waals surface area contributed by atoms with Crippen LogP contribution >= 0.6 is 0 Å². The first-order chi connectivity index (χ1) is 28.2. The Morgan fingerprint density at radius 2 is 1.66 bits per heavy atom. The van der Waals surface area contributed by atoms with Gasteiger partial charge in [-0.15, -0.1) is 0 Å². The van der Waals surface area contributed by atoms with Gasteiger partial charge in [-0.1, -0.05) is 18.9 Å². The molecule has 3 aliphatic heterocycles. The molecular formula is C42H45N11O5. The molecule has 6 heterocycles. The first-order valence-electron chi connectivity index (χ1n) is 20.4. The van der Waals surface area contributed by atoms with Gasteiger partial charge in [-0.25, -0.2) is 9.97 Å². The molecule has 58 heavy (non-hydrogen) atoms. The average molecular weight is 784 g/mol. The van der Waals surface area contributed by atoms with E-state index in [-0.39, 0.29) is 48.1 Å². The molecule has 4 aromatic rings. The summed E-state index contributed by atoms with van der Waals surface area (Å²) < 4.78 is 1.62. The van der Waals surface area contributed by atoms with Crippen LogP contribution in [0.2, 0.25) is 0 Å². The van der Waals surface area contributed by atoms with Crippen molar-refractivity contribution in [1.82, 2.24) is 40.2 Å². The Morgan fingerprint density at radius 3 is 2.41 bits per heavy atom. The number of imide groups is 1. The molecule has 1 atom stereocenters. The van der Waals surface area contributed by atoms with Crippen LogP contribution in [0.25, 0.3) is 16.9 Å². The Bertz CT molecular complexity index is 2350. The van der Waals surface area contributed by atoms with Gasteiger partial charge in [-0.3, -0.25) is 29.3 Å². The number of anilines is 2. The minimum atomic E-state index is -0.649. The minimum absolute atomic E-state index is 0.0607. The molecule has 0 spiro atoms. The summed E-state index contributed by atoms with van der Waals surface area (Å²) in [6, 6.07) is 11.1. The molecule has 1 aromatic carbocycles. The third-order valence-corrected chi connectivity index (χ3v) is 12.5. The van der Waals surface area contributed by atoms with Crippen molar-refractivity contribution in [2.45, 2.75) is 88.9 Å². The lowest BCUT2D eigenvalue weighted by atomic mass is 9.85. The molecule has 1 unspecified atom stereocenters. The van der Waals surface area contributed by atoms with Crippen LogP contribution in [-0.4, -0.2) is 103 Å². The van der Waals surface area contributed by atoms with Gasteiger partial charge in [0, 0.05) is 92.2 Å². The number of piperidine rings is 1. The third kappa shape index (κ3) is 7.21. The van der Waals surface area contributed by atoms with Crippen LogP contribution in [-0.2, 0) is 20.9 Å². The Balaban J connectivity index is 0.791. The van der Waals surface area contributed by atoms with Gasteiger partial charge in [0.15, 0.2) is 11.5 Å². The molecule has 3 N–H and O–H groups in total. The number of amides is 5. The number of hydrogen-bond acceptors (Lipinski definition) is 11. The van der Waals surface area contributed by atoms with Gasteiger partial charge in [-0.05, 0) is 68.7 Å². The number of nitrogens with one attached hydrogen (secondary N) is 3. The van der Waals surface area contributed by atoms with E-state index in [2.05, 4.69) is 42.0 Å². The Kier molecular flexibility index (Phi) is 9.96. The van der Waals surface area contributed by atoms with Gasteiger partial charge < -0.3 is 25.3 Å². The number of carbonyl (C=O) groups excluding carboxylic acids is 5. The highest BCUT2D eigenvalue weighted by molar-refractivity contribution is 6.06. The number of rotatable bonds is 8. The number of fused-ring (bicyclic) bond motifs is 2. The molecule has 0 bridgehead atoms. The molecule has 0 radical (unpaired) electrons. The third-order valence-electron chi connectivity index (χ3n) is 12.5. The van der Waals surface area contributed by atoms with Crippen molar-refractivity contribution in [1.29, 1.82) is 5.26 Å². The van der Waals surface area contributed by atoms with Crippen LogP contribution in [0.3, 0.4) is 0 Å². The van der Waals surface area contributed by atoms with Crippen molar-refractivity contribution < 1.29 is 24.0 Å². The van der Waals surface area contributed by atoms with E-state index in [0.717, 1.165) is 42.3 Å². The highest BCUT2D eigenvalue weighted by Gasteiger charge is 2.40. The maximum Gasteiger partial charge on any atom is 0.255 e. The van der Waals surface area contributed by atoms with Crippen LogP contribution in [0, 0.1) is 17.2 Å². The van der Waals surface area contributed by atoms with Gasteiger partial charge in [0.25, 0.3) is 11.8 Å². The fraction of sp³-hybridized carbons (Fsp3) is 0.452. The lowest BCUT2D eigenvalue weighted by Gasteiger charge is -2.39. The van der Waals surface area contributed by atoms with Crippen LogP contribution in [0.4, 0.5) is 11.4 Å². The summed E-state index contributed by atoms with van der Waals surface area (Å²) >= 11 is 0. The smallest absolute Gasteiger partial charge is 0.255 e. The summed E-state index contributed by atoms with van der Waals surface area (Å²) in [5.41, 5.74) is 4.53. The summed E-state index contributed by atoms with van der Waals surface area (Å²) in [5, 5.41) is 23.7. The van der Waals surface area contributed by atoms with Crippen molar-refractivity contribution in [2.75, 3.05) is 36.4 Å². The summed E-state index contributed by atoms with van der Waals surface area (Å²) in [4.78, 5) is 79.7. The zero-order chi connectivity index (χ0) is 39.9. The van der Waals surface area contributed by atoms with Crippen molar-refractivity contribution in [3.05, 3.63) is 71.2 Å². The predicted molar refractivity (Wildman–Crippen MR) is 212 cm³/mol. The molecule has 298 valence electrons. The Morgan fingerprint density at radius 1 is 0.862 bits per heavy atom. The summed E-state index contributed by atoms with van der Waals surface area (Å²) in [7, 11) is 0. The second-order valence-electron chi connectivity index (χ2n) is 16.1. The molecule has 3 aromatic heterocycles. The van der Waals surface area contributed by atoms with Gasteiger partial charge in [0.2, 0.25) is 17.7 Å². The molecule has 2 saturated carbocycles. The van der Waals surface area contributed by atoms with Gasteiger partial charge in [-0.2, -0.15) is 15.0 Å². The number of carbonyl (C=O) groups is 5. The van der Waals surface area contributed by atoms with Crippen LogP contribution in [0.5, 0.6) is 0 Å². The molecular weight excluding hydrogens is 739 g/mol. The average Bonchev–Trinajstić information content (AvgIpc) is 4.00. The first kappa shape index (κ1) is 37.2. The molecule has 5 aliphatic rings. The summed E-state index contributed by atoms with van der Waals surface area (Å²) in [6.07, 6.45) is 12.4. The van der Waals surface area contributed by atoms with Crippen molar-refractivity contribution in [3.63, 3.8) is 0 Å². The second kappa shape index (κ2) is 15.5. The van der Waals surface area contributed by atoms with Gasteiger partial charge >= 0.3 is 0 Å². The molecule has 2 aliphatic carbocycles. The quantitative estimate of drug-likeness (QED) is 0.221. The maximum absolute atomic E-state index is 13.8. The monoisotopic (exact) mass is 783 g/mol. The lowest BCUT2D eigenvalue weighted by molar-refractivity contribution is -0.138. The minimum Gasteiger partial charge on any atom is -0.382 e. The number of nitriles is 1. The number of benzene rings is 1. The number of nitrogens with zero attached hydrogens (tertiary/aromatic N) is 8. The molecule has 2 saturated heterocycles. The van der Waals surface area contributed by atoms with E-state index in [0.29, 0.717) is 98.7 Å². The number of pyridine rings is 2. The maximum atomic E-state index is 13.8. The van der Waals surface area contributed by atoms with Crippen LogP contribution < -0.4 is 20.9 Å². The summed E-state index contributed by atoms with van der Waals surface area (Å²) in [5.74, 6) is -0.558. The highest BCUT2D eigenvalue weighted by atomic mass is 16.2. The fourth-order valence-corrected chi connectivity index (χ4v) is 9.23. The lowest BCUT2D eigenvalue weighted by Crippen LogP contribution is -2.52. The number of piperazine rings is 1. The number of hydrogen-bond donors (Lipinski definition) is 3. The standard InChI is InChI=1S/C42H45N11O5/c43-20-25-17-28-22-46-53(38(28)45-21-25)36-19-34(47-29-3-1-2-4-29)33(23-44-36)39(55)48-30-8-5-26(6-9-30)41(57)51-15-13-50(14-16-51)31-10-7-27-24-52(42(58)32(27)18-31)35-11-12-37(54)49-40(35)56/h7,10,17-19,21-23,26,29-30,35H,1-6,8-9,11-16,24H2,(H,44,47)(H,48,55)(H,49,54,56). The highest BCUT2D eigenvalue weighted by Crippen LogP contribution is 2.33. The Hall–Kier alpha value is -6.37.